The van der Waals surface area contributed by atoms with Gasteiger partial charge >= 0.3 is 0 Å². The molecule has 0 aliphatic rings. The second-order valence-corrected chi connectivity index (χ2v) is 4.41. The number of benzene rings is 1. The van der Waals surface area contributed by atoms with Crippen LogP contribution in [0.3, 0.4) is 0 Å². The van der Waals surface area contributed by atoms with Crippen molar-refractivity contribution in [1.29, 1.82) is 0 Å². The van der Waals surface area contributed by atoms with E-state index < -0.39 is 0 Å². The molecule has 1 aromatic carbocycles. The fourth-order valence-electron chi connectivity index (χ4n) is 1.65. The van der Waals surface area contributed by atoms with Gasteiger partial charge in [0.05, 0.1) is 0 Å². The van der Waals surface area contributed by atoms with Crippen LogP contribution >= 0.6 is 0 Å². The van der Waals surface area contributed by atoms with Crippen molar-refractivity contribution in [2.24, 2.45) is 5.73 Å². The van der Waals surface area contributed by atoms with E-state index in [0.717, 1.165) is 19.6 Å². The molecule has 2 heteroatoms. The Morgan fingerprint density at radius 3 is 2.19 bits per heavy atom. The Morgan fingerprint density at radius 1 is 1.12 bits per heavy atom. The van der Waals surface area contributed by atoms with Crippen LogP contribution in [-0.4, -0.2) is 13.2 Å². The van der Waals surface area contributed by atoms with E-state index in [9.17, 15) is 0 Å². The summed E-state index contributed by atoms with van der Waals surface area (Å²) >= 11 is 0. The van der Waals surface area contributed by atoms with Crippen molar-refractivity contribution in [2.45, 2.75) is 39.2 Å². The minimum atomic E-state index is 0.0905. The quantitative estimate of drug-likeness (QED) is 0.748. The fourth-order valence-corrected chi connectivity index (χ4v) is 1.65. The monoisotopic (exact) mass is 221 g/mol. The molecule has 16 heavy (non-hydrogen) atoms. The molecule has 0 aromatic heterocycles. The molecule has 0 heterocycles. The van der Waals surface area contributed by atoms with E-state index in [-0.39, 0.29) is 6.04 Å². The van der Waals surface area contributed by atoms with Crippen molar-refractivity contribution in [3.63, 3.8) is 0 Å². The summed E-state index contributed by atoms with van der Waals surface area (Å²) in [5.74, 6) is 0.577. The van der Waals surface area contributed by atoms with Gasteiger partial charge in [-0.1, -0.05) is 38.1 Å². The highest BCUT2D eigenvalue weighted by molar-refractivity contribution is 5.26. The normalized spacial score (nSPS) is 13.1. The van der Waals surface area contributed by atoms with E-state index in [1.165, 1.54) is 11.1 Å². The van der Waals surface area contributed by atoms with E-state index in [1.807, 2.05) is 6.92 Å². The molecule has 0 aliphatic carbocycles. The Bertz CT molecular complexity index is 292. The van der Waals surface area contributed by atoms with Gasteiger partial charge in [-0.15, -0.1) is 0 Å². The Labute approximate surface area is 98.8 Å². The lowest BCUT2D eigenvalue weighted by molar-refractivity contribution is 0.140. The molecule has 0 spiro atoms. The number of ether oxygens (including phenoxy) is 1. The summed E-state index contributed by atoms with van der Waals surface area (Å²) < 4.78 is 5.31. The SMILES string of the molecule is CCOCCC(N)c1ccc(C(C)C)cc1. The summed E-state index contributed by atoms with van der Waals surface area (Å²) in [4.78, 5) is 0. The molecule has 0 aliphatic heterocycles. The second-order valence-electron chi connectivity index (χ2n) is 4.41. The van der Waals surface area contributed by atoms with Crippen LogP contribution in [-0.2, 0) is 4.74 Å². The van der Waals surface area contributed by atoms with Crippen LogP contribution in [0.2, 0.25) is 0 Å². The van der Waals surface area contributed by atoms with Gasteiger partial charge in [0.1, 0.15) is 0 Å². The lowest BCUT2D eigenvalue weighted by atomic mass is 9.98. The summed E-state index contributed by atoms with van der Waals surface area (Å²) in [7, 11) is 0. The smallest absolute Gasteiger partial charge is 0.0483 e. The first-order chi connectivity index (χ1) is 7.65. The molecule has 90 valence electrons. The van der Waals surface area contributed by atoms with Crippen LogP contribution in [0.1, 0.15) is 50.3 Å². The first-order valence-electron chi connectivity index (χ1n) is 6.08. The molecule has 0 amide bonds. The van der Waals surface area contributed by atoms with Gasteiger partial charge < -0.3 is 10.5 Å². The summed E-state index contributed by atoms with van der Waals surface area (Å²) in [5.41, 5.74) is 8.64. The minimum Gasteiger partial charge on any atom is -0.382 e. The van der Waals surface area contributed by atoms with Crippen LogP contribution in [0.5, 0.6) is 0 Å². The lowest BCUT2D eigenvalue weighted by Gasteiger charge is -2.13. The lowest BCUT2D eigenvalue weighted by Crippen LogP contribution is -2.13. The highest BCUT2D eigenvalue weighted by Gasteiger charge is 2.06. The maximum Gasteiger partial charge on any atom is 0.0483 e. The summed E-state index contributed by atoms with van der Waals surface area (Å²) in [6, 6.07) is 8.69. The third-order valence-corrected chi connectivity index (χ3v) is 2.81. The van der Waals surface area contributed by atoms with Gasteiger partial charge in [-0.05, 0) is 30.4 Å². The van der Waals surface area contributed by atoms with Crippen LogP contribution in [0.4, 0.5) is 0 Å². The van der Waals surface area contributed by atoms with Gasteiger partial charge in [0.2, 0.25) is 0 Å². The Balaban J connectivity index is 2.52. The molecule has 0 saturated heterocycles. The van der Waals surface area contributed by atoms with E-state index in [1.54, 1.807) is 0 Å². The van der Waals surface area contributed by atoms with Gasteiger partial charge in [0.25, 0.3) is 0 Å². The molecule has 0 radical (unpaired) electrons. The van der Waals surface area contributed by atoms with Crippen molar-refractivity contribution >= 4 is 0 Å². The van der Waals surface area contributed by atoms with Gasteiger partial charge in [0.15, 0.2) is 0 Å². The molecule has 1 aromatic rings. The summed E-state index contributed by atoms with van der Waals surface area (Å²) in [5, 5.41) is 0. The standard InChI is InChI=1S/C14H23NO/c1-4-16-10-9-14(15)13-7-5-12(6-8-13)11(2)3/h5-8,11,14H,4,9-10,15H2,1-3H3. The van der Waals surface area contributed by atoms with E-state index in [0.29, 0.717) is 5.92 Å². The van der Waals surface area contributed by atoms with Crippen LogP contribution in [0, 0.1) is 0 Å². The van der Waals surface area contributed by atoms with Crippen molar-refractivity contribution in [3.05, 3.63) is 35.4 Å². The maximum atomic E-state index is 6.08. The van der Waals surface area contributed by atoms with Gasteiger partial charge in [0, 0.05) is 19.3 Å². The highest BCUT2D eigenvalue weighted by atomic mass is 16.5. The van der Waals surface area contributed by atoms with Crippen molar-refractivity contribution in [1.82, 2.24) is 0 Å². The van der Waals surface area contributed by atoms with Crippen LogP contribution in [0.25, 0.3) is 0 Å². The van der Waals surface area contributed by atoms with E-state index in [2.05, 4.69) is 38.1 Å². The fraction of sp³-hybridized carbons (Fsp3) is 0.571. The van der Waals surface area contributed by atoms with Crippen molar-refractivity contribution in [3.8, 4) is 0 Å². The van der Waals surface area contributed by atoms with Gasteiger partial charge in [-0.3, -0.25) is 0 Å². The Kier molecular flexibility index (Phi) is 5.50. The second kappa shape index (κ2) is 6.66. The number of rotatable bonds is 6. The third kappa shape index (κ3) is 3.95. The maximum absolute atomic E-state index is 6.08. The van der Waals surface area contributed by atoms with E-state index in [4.69, 9.17) is 10.5 Å². The zero-order valence-corrected chi connectivity index (χ0v) is 10.6. The molecular weight excluding hydrogens is 198 g/mol. The number of nitrogens with two attached hydrogens (primary N) is 1. The highest BCUT2D eigenvalue weighted by Crippen LogP contribution is 2.19. The number of hydrogen-bond donors (Lipinski definition) is 1. The average molecular weight is 221 g/mol. The third-order valence-electron chi connectivity index (χ3n) is 2.81. The predicted octanol–water partition coefficient (Wildman–Crippen LogP) is 3.24. The molecule has 0 bridgehead atoms. The van der Waals surface area contributed by atoms with Gasteiger partial charge in [-0.2, -0.15) is 0 Å². The molecule has 1 atom stereocenters. The first-order valence-corrected chi connectivity index (χ1v) is 6.08. The number of hydrogen-bond acceptors (Lipinski definition) is 2. The topological polar surface area (TPSA) is 35.2 Å². The Hall–Kier alpha value is -0.860. The molecule has 1 unspecified atom stereocenters. The Morgan fingerprint density at radius 2 is 1.69 bits per heavy atom. The van der Waals surface area contributed by atoms with Crippen molar-refractivity contribution in [2.75, 3.05) is 13.2 Å². The molecule has 0 fully saturated rings. The van der Waals surface area contributed by atoms with Crippen LogP contribution in [0.15, 0.2) is 24.3 Å². The minimum absolute atomic E-state index is 0.0905. The van der Waals surface area contributed by atoms with Crippen LogP contribution < -0.4 is 5.73 Å². The van der Waals surface area contributed by atoms with E-state index >= 15 is 0 Å². The molecule has 0 saturated carbocycles. The molecule has 1 rings (SSSR count). The largest absolute Gasteiger partial charge is 0.382 e. The van der Waals surface area contributed by atoms with Crippen molar-refractivity contribution < 1.29 is 4.74 Å². The molecular formula is C14H23NO. The zero-order chi connectivity index (χ0) is 12.0. The molecule has 2 N–H and O–H groups in total. The summed E-state index contributed by atoms with van der Waals surface area (Å²) in [6.07, 6.45) is 0.884. The predicted molar refractivity (Wildman–Crippen MR) is 68.6 cm³/mol. The van der Waals surface area contributed by atoms with Gasteiger partial charge in [-0.25, -0.2) is 0 Å². The average Bonchev–Trinajstić information content (AvgIpc) is 2.29. The zero-order valence-electron chi connectivity index (χ0n) is 10.6. The summed E-state index contributed by atoms with van der Waals surface area (Å²) in [6.45, 7) is 7.90. The first kappa shape index (κ1) is 13.2. The molecule has 2 nitrogen and oxygen atoms in total.